The zero-order valence-corrected chi connectivity index (χ0v) is 14.5. The molecule has 1 fully saturated rings. The number of amides is 1. The minimum Gasteiger partial charge on any atom is -0.324 e. The van der Waals surface area contributed by atoms with Gasteiger partial charge in [-0.15, -0.1) is 0 Å². The van der Waals surface area contributed by atoms with Crippen LogP contribution in [0.25, 0.3) is 0 Å². The summed E-state index contributed by atoms with van der Waals surface area (Å²) < 4.78 is 0. The van der Waals surface area contributed by atoms with Crippen LogP contribution in [0.4, 0.5) is 5.69 Å². The van der Waals surface area contributed by atoms with E-state index in [4.69, 9.17) is 0 Å². The fraction of sp³-hybridized carbons (Fsp3) is 0.722. The minimum atomic E-state index is 0.113. The molecule has 2 rings (SSSR count). The number of aromatic nitrogens is 2. The first-order valence-electron chi connectivity index (χ1n) is 8.34. The second kappa shape index (κ2) is 6.35. The van der Waals surface area contributed by atoms with Gasteiger partial charge in [0.05, 0.1) is 18.1 Å². The van der Waals surface area contributed by atoms with Crippen molar-refractivity contribution >= 4 is 11.6 Å². The third-order valence-electron chi connectivity index (χ3n) is 5.70. The molecule has 0 aliphatic heterocycles. The Balaban J connectivity index is 2.01. The van der Waals surface area contributed by atoms with Crippen LogP contribution >= 0.6 is 0 Å². The molecule has 1 amide bonds. The van der Waals surface area contributed by atoms with Gasteiger partial charge in [0.25, 0.3) is 0 Å². The summed E-state index contributed by atoms with van der Waals surface area (Å²) in [4.78, 5) is 12.4. The van der Waals surface area contributed by atoms with Gasteiger partial charge in [-0.3, -0.25) is 4.79 Å². The van der Waals surface area contributed by atoms with Crippen LogP contribution in [-0.4, -0.2) is 16.1 Å². The van der Waals surface area contributed by atoms with Crippen LogP contribution in [0.1, 0.15) is 60.3 Å². The number of hydrogen-bond donors (Lipinski definition) is 1. The van der Waals surface area contributed by atoms with Crippen LogP contribution < -0.4 is 5.32 Å². The van der Waals surface area contributed by atoms with E-state index < -0.39 is 0 Å². The lowest BCUT2D eigenvalue weighted by Crippen LogP contribution is -2.44. The Labute approximate surface area is 134 Å². The maximum atomic E-state index is 12.4. The Kier molecular flexibility index (Phi) is 4.88. The Morgan fingerprint density at radius 2 is 1.91 bits per heavy atom. The molecule has 4 heteroatoms. The lowest BCUT2D eigenvalue weighted by atomic mass is 9.53. The number of nitrogens with one attached hydrogen (secondary N) is 1. The van der Waals surface area contributed by atoms with Gasteiger partial charge < -0.3 is 5.32 Å². The van der Waals surface area contributed by atoms with Gasteiger partial charge in [-0.25, -0.2) is 0 Å². The van der Waals surface area contributed by atoms with Crippen LogP contribution in [0.5, 0.6) is 0 Å². The average Bonchev–Trinajstić information content (AvgIpc) is 2.47. The molecule has 0 aromatic carbocycles. The Bertz CT molecular complexity index is 497. The second-order valence-electron chi connectivity index (χ2n) is 7.96. The highest BCUT2D eigenvalue weighted by Crippen LogP contribution is 2.55. The molecule has 0 atom stereocenters. The van der Waals surface area contributed by atoms with Gasteiger partial charge in [0, 0.05) is 5.92 Å². The Morgan fingerprint density at radius 1 is 1.27 bits per heavy atom. The highest BCUT2D eigenvalue weighted by atomic mass is 16.1. The van der Waals surface area contributed by atoms with Crippen molar-refractivity contribution in [3.63, 3.8) is 0 Å². The monoisotopic (exact) mass is 303 g/mol. The number of carbonyl (C=O) groups is 1. The van der Waals surface area contributed by atoms with Crippen molar-refractivity contribution < 1.29 is 4.79 Å². The molecule has 0 saturated heterocycles. The zero-order chi connectivity index (χ0) is 16.4. The quantitative estimate of drug-likeness (QED) is 0.906. The van der Waals surface area contributed by atoms with E-state index in [9.17, 15) is 4.79 Å². The fourth-order valence-electron chi connectivity index (χ4n) is 4.20. The molecule has 1 aliphatic rings. The van der Waals surface area contributed by atoms with Gasteiger partial charge in [-0.2, -0.15) is 10.2 Å². The SMILES string of the molecule is CC(C)C1(C(C)(C)C)CCC(C(=O)Nc2ccnnc2)CC1. The third kappa shape index (κ3) is 3.31. The van der Waals surface area contributed by atoms with E-state index in [0.717, 1.165) is 31.4 Å². The summed E-state index contributed by atoms with van der Waals surface area (Å²) in [7, 11) is 0. The number of nitrogens with zero attached hydrogens (tertiary/aromatic N) is 2. The topological polar surface area (TPSA) is 54.9 Å². The van der Waals surface area contributed by atoms with Crippen LogP contribution in [0.3, 0.4) is 0 Å². The van der Waals surface area contributed by atoms with E-state index >= 15 is 0 Å². The molecule has 1 aliphatic carbocycles. The van der Waals surface area contributed by atoms with Crippen molar-refractivity contribution in [3.8, 4) is 0 Å². The van der Waals surface area contributed by atoms with Gasteiger partial charge in [-0.05, 0) is 48.5 Å². The summed E-state index contributed by atoms with van der Waals surface area (Å²) in [5.41, 5.74) is 1.34. The summed E-state index contributed by atoms with van der Waals surface area (Å²) in [6.45, 7) is 11.7. The highest BCUT2D eigenvalue weighted by molar-refractivity contribution is 5.92. The molecule has 1 aromatic rings. The first-order chi connectivity index (χ1) is 10.3. The lowest BCUT2D eigenvalue weighted by molar-refractivity contribution is -0.123. The first-order valence-corrected chi connectivity index (χ1v) is 8.34. The van der Waals surface area contributed by atoms with Gasteiger partial charge in [0.15, 0.2) is 0 Å². The van der Waals surface area contributed by atoms with E-state index in [1.54, 1.807) is 18.5 Å². The predicted octanol–water partition coefficient (Wildman–Crippen LogP) is 4.29. The normalized spacial score (nSPS) is 26.0. The number of hydrogen-bond acceptors (Lipinski definition) is 3. The van der Waals surface area contributed by atoms with Gasteiger partial charge in [0.2, 0.25) is 5.91 Å². The van der Waals surface area contributed by atoms with Gasteiger partial charge in [0.1, 0.15) is 0 Å². The average molecular weight is 303 g/mol. The van der Waals surface area contributed by atoms with Crippen molar-refractivity contribution in [1.82, 2.24) is 10.2 Å². The Hall–Kier alpha value is -1.45. The molecular formula is C18H29N3O. The molecule has 0 unspecified atom stereocenters. The molecule has 4 nitrogen and oxygen atoms in total. The number of rotatable bonds is 3. The maximum Gasteiger partial charge on any atom is 0.227 e. The van der Waals surface area contributed by atoms with Crippen molar-refractivity contribution in [2.24, 2.45) is 22.7 Å². The van der Waals surface area contributed by atoms with Crippen LogP contribution in [-0.2, 0) is 4.79 Å². The van der Waals surface area contributed by atoms with Crippen LogP contribution in [0.15, 0.2) is 18.5 Å². The molecule has 0 radical (unpaired) electrons. The molecule has 122 valence electrons. The Morgan fingerprint density at radius 3 is 2.36 bits per heavy atom. The van der Waals surface area contributed by atoms with E-state index in [1.165, 1.54) is 0 Å². The van der Waals surface area contributed by atoms with E-state index in [-0.39, 0.29) is 17.2 Å². The third-order valence-corrected chi connectivity index (χ3v) is 5.70. The summed E-state index contributed by atoms with van der Waals surface area (Å²) in [6, 6.07) is 1.78. The molecule has 1 N–H and O–H groups in total. The summed E-state index contributed by atoms with van der Waals surface area (Å²) in [5.74, 6) is 0.877. The lowest BCUT2D eigenvalue weighted by Gasteiger charge is -2.52. The van der Waals surface area contributed by atoms with Crippen molar-refractivity contribution in [2.75, 3.05) is 5.32 Å². The van der Waals surface area contributed by atoms with Gasteiger partial charge >= 0.3 is 0 Å². The van der Waals surface area contributed by atoms with Gasteiger partial charge in [-0.1, -0.05) is 34.6 Å². The molecular weight excluding hydrogens is 274 g/mol. The second-order valence-corrected chi connectivity index (χ2v) is 7.96. The van der Waals surface area contributed by atoms with E-state index in [2.05, 4.69) is 50.1 Å². The predicted molar refractivity (Wildman–Crippen MR) is 89.3 cm³/mol. The summed E-state index contributed by atoms with van der Waals surface area (Å²) in [5, 5.41) is 10.5. The standard InChI is InChI=1S/C18H29N3O/c1-13(2)18(17(3,4)5)9-6-14(7-10-18)16(22)21-15-8-11-19-20-12-15/h8,11-14H,6-7,9-10H2,1-5H3,(H,19,21,22). The molecule has 1 saturated carbocycles. The van der Waals surface area contributed by atoms with Crippen LogP contribution in [0.2, 0.25) is 0 Å². The molecule has 0 spiro atoms. The fourth-order valence-corrected chi connectivity index (χ4v) is 4.20. The number of anilines is 1. The van der Waals surface area contributed by atoms with E-state index in [1.807, 2.05) is 0 Å². The van der Waals surface area contributed by atoms with Crippen molar-refractivity contribution in [3.05, 3.63) is 18.5 Å². The first kappa shape index (κ1) is 16.9. The summed E-state index contributed by atoms with van der Waals surface area (Å²) in [6.07, 6.45) is 7.38. The molecule has 22 heavy (non-hydrogen) atoms. The molecule has 1 heterocycles. The molecule has 0 bridgehead atoms. The largest absolute Gasteiger partial charge is 0.324 e. The number of carbonyl (C=O) groups excluding carboxylic acids is 1. The maximum absolute atomic E-state index is 12.4. The smallest absolute Gasteiger partial charge is 0.227 e. The zero-order valence-electron chi connectivity index (χ0n) is 14.5. The van der Waals surface area contributed by atoms with Crippen molar-refractivity contribution in [1.29, 1.82) is 0 Å². The van der Waals surface area contributed by atoms with Crippen molar-refractivity contribution in [2.45, 2.75) is 60.3 Å². The molecule has 1 aromatic heterocycles. The van der Waals surface area contributed by atoms with Crippen LogP contribution in [0, 0.1) is 22.7 Å². The highest BCUT2D eigenvalue weighted by Gasteiger charge is 2.47. The summed E-state index contributed by atoms with van der Waals surface area (Å²) >= 11 is 0. The van der Waals surface area contributed by atoms with E-state index in [0.29, 0.717) is 11.3 Å². The minimum absolute atomic E-state index is 0.113.